The molecule has 2 aromatic rings. The van der Waals surface area contributed by atoms with Crippen molar-refractivity contribution in [3.05, 3.63) is 63.6 Å². The fraction of sp³-hybridized carbons (Fsp3) is 0.389. The number of aryl methyl sites for hydroxylation is 1. The van der Waals surface area contributed by atoms with Crippen molar-refractivity contribution in [2.24, 2.45) is 0 Å². The van der Waals surface area contributed by atoms with E-state index in [0.29, 0.717) is 18.8 Å². The summed E-state index contributed by atoms with van der Waals surface area (Å²) in [5.74, 6) is 0.264. The fourth-order valence-electron chi connectivity index (χ4n) is 3.26. The molecule has 7 nitrogen and oxygen atoms in total. The lowest BCUT2D eigenvalue weighted by Crippen LogP contribution is -2.49. The summed E-state index contributed by atoms with van der Waals surface area (Å²) in [6, 6.07) is 8.41. The predicted octanol–water partition coefficient (Wildman–Crippen LogP) is 3.02. The number of hydrogen-bond donors (Lipinski definition) is 0. The van der Waals surface area contributed by atoms with Crippen molar-refractivity contribution >= 4 is 11.6 Å². The molecule has 1 saturated heterocycles. The first-order chi connectivity index (χ1) is 12.0. The average molecular weight is 343 g/mol. The molecule has 0 spiro atoms. The molecule has 2 heterocycles. The van der Waals surface area contributed by atoms with Crippen LogP contribution in [0.2, 0.25) is 0 Å². The molecule has 1 aromatic heterocycles. The Labute approximate surface area is 146 Å². The van der Waals surface area contributed by atoms with Crippen LogP contribution >= 0.6 is 0 Å². The number of carbonyl (C=O) groups excluding carboxylic acids is 1. The van der Waals surface area contributed by atoms with Gasteiger partial charge in [0.05, 0.1) is 11.2 Å². The number of amides is 1. The monoisotopic (exact) mass is 343 g/mol. The highest BCUT2D eigenvalue weighted by atomic mass is 16.6. The van der Waals surface area contributed by atoms with E-state index in [4.69, 9.17) is 4.42 Å². The Kier molecular flexibility index (Phi) is 4.85. The zero-order valence-corrected chi connectivity index (χ0v) is 14.3. The number of benzene rings is 1. The summed E-state index contributed by atoms with van der Waals surface area (Å²) < 4.78 is 5.17. The maximum absolute atomic E-state index is 12.3. The third-order valence-electron chi connectivity index (χ3n) is 4.80. The summed E-state index contributed by atoms with van der Waals surface area (Å²) in [4.78, 5) is 27.0. The minimum absolute atomic E-state index is 0.0563. The maximum atomic E-state index is 12.3. The Morgan fingerprint density at radius 1 is 1.24 bits per heavy atom. The van der Waals surface area contributed by atoms with Crippen LogP contribution in [0.15, 0.2) is 41.0 Å². The molecule has 25 heavy (non-hydrogen) atoms. The number of nitrogens with zero attached hydrogens (tertiary/aromatic N) is 3. The quantitative estimate of drug-likeness (QED) is 0.630. The molecule has 1 atom stereocenters. The van der Waals surface area contributed by atoms with Gasteiger partial charge in [0.25, 0.3) is 11.6 Å². The number of carbonyl (C=O) groups is 1. The smallest absolute Gasteiger partial charge is 0.289 e. The Morgan fingerprint density at radius 3 is 2.56 bits per heavy atom. The number of furan rings is 1. The van der Waals surface area contributed by atoms with Gasteiger partial charge in [-0.1, -0.05) is 6.07 Å². The zero-order chi connectivity index (χ0) is 18.0. The van der Waals surface area contributed by atoms with Crippen molar-refractivity contribution in [1.29, 1.82) is 0 Å². The predicted molar refractivity (Wildman–Crippen MR) is 92.4 cm³/mol. The van der Waals surface area contributed by atoms with Gasteiger partial charge in [-0.15, -0.1) is 0 Å². The van der Waals surface area contributed by atoms with Crippen LogP contribution < -0.4 is 0 Å². The number of rotatable bonds is 4. The Balaban J connectivity index is 1.67. The fourth-order valence-corrected chi connectivity index (χ4v) is 3.26. The van der Waals surface area contributed by atoms with Crippen LogP contribution in [0.4, 0.5) is 5.69 Å². The van der Waals surface area contributed by atoms with E-state index < -0.39 is 0 Å². The summed E-state index contributed by atoms with van der Waals surface area (Å²) in [7, 11) is 0. The third-order valence-corrected chi connectivity index (χ3v) is 4.80. The SMILES string of the molecule is Cc1ccc([N+](=O)[O-])cc1[C@@H](C)N1CCN(C(=O)c2ccco2)CC1. The van der Waals surface area contributed by atoms with Crippen molar-refractivity contribution in [2.75, 3.05) is 26.2 Å². The normalized spacial score (nSPS) is 16.6. The highest BCUT2D eigenvalue weighted by Gasteiger charge is 2.27. The molecule has 1 aliphatic heterocycles. The largest absolute Gasteiger partial charge is 0.459 e. The number of nitro benzene ring substituents is 1. The van der Waals surface area contributed by atoms with Gasteiger partial charge in [0, 0.05) is 44.4 Å². The molecule has 0 saturated carbocycles. The van der Waals surface area contributed by atoms with Gasteiger partial charge in [0.15, 0.2) is 5.76 Å². The van der Waals surface area contributed by atoms with Crippen molar-refractivity contribution in [3.63, 3.8) is 0 Å². The molecule has 0 radical (unpaired) electrons. The molecule has 0 aliphatic carbocycles. The van der Waals surface area contributed by atoms with E-state index in [-0.39, 0.29) is 22.6 Å². The van der Waals surface area contributed by atoms with Gasteiger partial charge in [-0.25, -0.2) is 0 Å². The lowest BCUT2D eigenvalue weighted by atomic mass is 10.00. The summed E-state index contributed by atoms with van der Waals surface area (Å²) in [6.45, 7) is 6.67. The first kappa shape index (κ1) is 17.2. The van der Waals surface area contributed by atoms with E-state index in [2.05, 4.69) is 11.8 Å². The number of non-ortho nitro benzene ring substituents is 1. The topological polar surface area (TPSA) is 79.8 Å². The molecule has 3 rings (SSSR count). The van der Waals surface area contributed by atoms with Crippen LogP contribution in [0, 0.1) is 17.0 Å². The standard InChI is InChI=1S/C18H21N3O4/c1-13-5-6-15(21(23)24)12-16(13)14(2)19-7-9-20(10-8-19)18(22)17-4-3-11-25-17/h3-6,11-12,14H,7-10H2,1-2H3/t14-/m1/s1. The van der Waals surface area contributed by atoms with E-state index in [1.165, 1.54) is 12.3 Å². The summed E-state index contributed by atoms with van der Waals surface area (Å²) in [5.41, 5.74) is 2.10. The Hall–Kier alpha value is -2.67. The molecule has 1 amide bonds. The van der Waals surface area contributed by atoms with Crippen LogP contribution in [0.1, 0.15) is 34.6 Å². The van der Waals surface area contributed by atoms with Crippen molar-refractivity contribution < 1.29 is 14.1 Å². The first-order valence-electron chi connectivity index (χ1n) is 8.29. The molecular weight excluding hydrogens is 322 g/mol. The van der Waals surface area contributed by atoms with Gasteiger partial charge >= 0.3 is 0 Å². The van der Waals surface area contributed by atoms with Gasteiger partial charge in [-0.3, -0.25) is 19.8 Å². The minimum Gasteiger partial charge on any atom is -0.459 e. The molecule has 1 aliphatic rings. The van der Waals surface area contributed by atoms with Gasteiger partial charge in [0.1, 0.15) is 0 Å². The number of nitro groups is 1. The van der Waals surface area contributed by atoms with E-state index in [9.17, 15) is 14.9 Å². The minimum atomic E-state index is -0.365. The summed E-state index contributed by atoms with van der Waals surface area (Å²) >= 11 is 0. The molecule has 0 bridgehead atoms. The van der Waals surface area contributed by atoms with Gasteiger partial charge in [-0.2, -0.15) is 0 Å². The van der Waals surface area contributed by atoms with E-state index >= 15 is 0 Å². The van der Waals surface area contributed by atoms with Crippen molar-refractivity contribution in [3.8, 4) is 0 Å². The molecule has 1 aromatic carbocycles. The average Bonchev–Trinajstić information content (AvgIpc) is 3.15. The number of hydrogen-bond acceptors (Lipinski definition) is 5. The van der Waals surface area contributed by atoms with Crippen molar-refractivity contribution in [1.82, 2.24) is 9.80 Å². The van der Waals surface area contributed by atoms with Crippen LogP contribution in [-0.2, 0) is 0 Å². The molecular formula is C18H21N3O4. The van der Waals surface area contributed by atoms with Crippen LogP contribution in [0.3, 0.4) is 0 Å². The first-order valence-corrected chi connectivity index (χ1v) is 8.29. The zero-order valence-electron chi connectivity index (χ0n) is 14.3. The van der Waals surface area contributed by atoms with E-state index in [0.717, 1.165) is 24.2 Å². The van der Waals surface area contributed by atoms with Gasteiger partial charge in [-0.05, 0) is 37.1 Å². The second-order valence-corrected chi connectivity index (χ2v) is 6.28. The lowest BCUT2D eigenvalue weighted by molar-refractivity contribution is -0.385. The second-order valence-electron chi connectivity index (χ2n) is 6.28. The third kappa shape index (κ3) is 3.56. The second kappa shape index (κ2) is 7.06. The highest BCUT2D eigenvalue weighted by Crippen LogP contribution is 2.28. The van der Waals surface area contributed by atoms with Crippen LogP contribution in [-0.4, -0.2) is 46.8 Å². The summed E-state index contributed by atoms with van der Waals surface area (Å²) in [6.07, 6.45) is 1.50. The Bertz CT molecular complexity index is 765. The van der Waals surface area contributed by atoms with Gasteiger partial charge < -0.3 is 9.32 Å². The molecule has 0 unspecified atom stereocenters. The Morgan fingerprint density at radius 2 is 1.96 bits per heavy atom. The van der Waals surface area contributed by atoms with Gasteiger partial charge in [0.2, 0.25) is 0 Å². The highest BCUT2D eigenvalue weighted by molar-refractivity contribution is 5.91. The maximum Gasteiger partial charge on any atom is 0.289 e. The van der Waals surface area contributed by atoms with E-state index in [1.54, 1.807) is 29.2 Å². The molecule has 132 valence electrons. The molecule has 7 heteroatoms. The van der Waals surface area contributed by atoms with Crippen LogP contribution in [0.5, 0.6) is 0 Å². The molecule has 0 N–H and O–H groups in total. The van der Waals surface area contributed by atoms with Crippen LogP contribution in [0.25, 0.3) is 0 Å². The van der Waals surface area contributed by atoms with Crippen molar-refractivity contribution in [2.45, 2.75) is 19.9 Å². The lowest BCUT2D eigenvalue weighted by Gasteiger charge is -2.38. The van der Waals surface area contributed by atoms with E-state index in [1.807, 2.05) is 6.92 Å². The molecule has 1 fully saturated rings. The summed E-state index contributed by atoms with van der Waals surface area (Å²) in [5, 5.41) is 11.0. The number of piperazine rings is 1.